The lowest BCUT2D eigenvalue weighted by Crippen LogP contribution is -3.00. The van der Waals surface area contributed by atoms with Crippen molar-refractivity contribution in [2.24, 2.45) is 7.05 Å². The smallest absolute Gasteiger partial charge is 0.169 e. The van der Waals surface area contributed by atoms with E-state index in [0.29, 0.717) is 0 Å². The van der Waals surface area contributed by atoms with E-state index < -0.39 is 0 Å². The van der Waals surface area contributed by atoms with Crippen LogP contribution in [0.4, 0.5) is 11.4 Å². The van der Waals surface area contributed by atoms with Gasteiger partial charge in [0.25, 0.3) is 0 Å². The van der Waals surface area contributed by atoms with Gasteiger partial charge in [-0.3, -0.25) is 0 Å². The Kier molecular flexibility index (Phi) is 5.47. The van der Waals surface area contributed by atoms with E-state index in [1.54, 1.807) is 0 Å². The largest absolute Gasteiger partial charge is 1.00 e. The zero-order chi connectivity index (χ0) is 18.4. The number of aryl methyl sites for hydroxylation is 1. The Hall–Kier alpha value is -1.86. The number of nitrogens with zero attached hydrogens (tertiary/aromatic N) is 3. The average molecular weight is 546 g/mol. The van der Waals surface area contributed by atoms with Crippen LogP contribution in [-0.4, -0.2) is 6.67 Å². The maximum absolute atomic E-state index is 3.61. The van der Waals surface area contributed by atoms with Gasteiger partial charge < -0.3 is 33.8 Å². The van der Waals surface area contributed by atoms with Crippen LogP contribution in [0.2, 0.25) is 0 Å². The van der Waals surface area contributed by atoms with E-state index in [1.165, 1.54) is 33.6 Å². The molecule has 2 bridgehead atoms. The predicted molar refractivity (Wildman–Crippen MR) is 114 cm³/mol. The Morgan fingerprint density at radius 1 is 0.821 bits per heavy atom. The summed E-state index contributed by atoms with van der Waals surface area (Å²) in [6.07, 6.45) is 8.53. The molecule has 0 spiro atoms. The lowest BCUT2D eigenvalue weighted by Gasteiger charge is -2.45. The summed E-state index contributed by atoms with van der Waals surface area (Å²) in [4.78, 5) is 4.94. The minimum atomic E-state index is 0. The van der Waals surface area contributed by atoms with Gasteiger partial charge in [-0.15, -0.1) is 0 Å². The summed E-state index contributed by atoms with van der Waals surface area (Å²) in [6.45, 7) is 2.90. The molecule has 0 saturated heterocycles. The van der Waals surface area contributed by atoms with Crippen LogP contribution < -0.4 is 38.3 Å². The second kappa shape index (κ2) is 7.87. The van der Waals surface area contributed by atoms with Gasteiger partial charge in [0.05, 0.1) is 6.67 Å². The third-order valence-electron chi connectivity index (χ3n) is 5.36. The number of rotatable bonds is 2. The summed E-state index contributed by atoms with van der Waals surface area (Å²) in [6, 6.07) is 17.7. The predicted octanol–water partition coefficient (Wildman–Crippen LogP) is 1.75. The van der Waals surface area contributed by atoms with Gasteiger partial charge in [-0.05, 0) is 52.6 Å². The maximum Gasteiger partial charge on any atom is 0.169 e. The van der Waals surface area contributed by atoms with E-state index in [0.717, 1.165) is 24.2 Å². The SMILES string of the molecule is C[n+]1ccc(/C=C/c2ccc3c(c2)CN2CN3Cc3cc(Br)ccc32)cc1.[I-]. The molecule has 142 valence electrons. The van der Waals surface area contributed by atoms with Crippen LogP contribution in [0, 0.1) is 0 Å². The van der Waals surface area contributed by atoms with Crippen LogP contribution in [0.1, 0.15) is 22.3 Å². The first-order chi connectivity index (χ1) is 13.2. The molecule has 0 radical (unpaired) electrons. The van der Waals surface area contributed by atoms with Gasteiger partial charge in [0, 0.05) is 41.1 Å². The monoisotopic (exact) mass is 545 g/mol. The quantitative estimate of drug-likeness (QED) is 0.359. The standard InChI is InChI=1S/C23H21BrN3.HI/c1-25-10-8-17(9-11-25)2-3-18-4-6-22-19(12-18)14-26-16-27(22)15-20-13-21(24)5-7-23(20)26;/h2-13H,14-16H2,1H3;1H/q+1;/p-1. The summed E-state index contributed by atoms with van der Waals surface area (Å²) in [7, 11) is 2.04. The summed E-state index contributed by atoms with van der Waals surface area (Å²) in [5.74, 6) is 0. The maximum atomic E-state index is 3.61. The van der Waals surface area contributed by atoms with Gasteiger partial charge in [-0.2, -0.15) is 0 Å². The first kappa shape index (κ1) is 19.5. The molecule has 0 atom stereocenters. The summed E-state index contributed by atoms with van der Waals surface area (Å²) in [5, 5.41) is 0. The summed E-state index contributed by atoms with van der Waals surface area (Å²) in [5.41, 5.74) is 7.98. The molecule has 2 aliphatic heterocycles. The molecule has 3 nitrogen and oxygen atoms in total. The molecule has 0 unspecified atom stereocenters. The Morgan fingerprint density at radius 3 is 2.14 bits per heavy atom. The van der Waals surface area contributed by atoms with Crippen molar-refractivity contribution >= 4 is 39.5 Å². The van der Waals surface area contributed by atoms with E-state index in [1.807, 2.05) is 11.6 Å². The van der Waals surface area contributed by atoms with Crippen molar-refractivity contribution in [1.82, 2.24) is 0 Å². The topological polar surface area (TPSA) is 10.4 Å². The minimum absolute atomic E-state index is 0. The number of anilines is 2. The van der Waals surface area contributed by atoms with Crippen LogP contribution in [-0.2, 0) is 20.1 Å². The van der Waals surface area contributed by atoms with Crippen molar-refractivity contribution in [2.45, 2.75) is 13.1 Å². The Bertz CT molecular complexity index is 1050. The molecular weight excluding hydrogens is 525 g/mol. The van der Waals surface area contributed by atoms with Crippen molar-refractivity contribution < 1.29 is 28.5 Å². The molecule has 0 saturated carbocycles. The number of fused-ring (bicyclic) bond motifs is 6. The van der Waals surface area contributed by atoms with E-state index >= 15 is 0 Å². The fourth-order valence-electron chi connectivity index (χ4n) is 3.99. The van der Waals surface area contributed by atoms with E-state index in [-0.39, 0.29) is 24.0 Å². The molecule has 0 N–H and O–H groups in total. The normalized spacial score (nSPS) is 14.5. The fraction of sp³-hybridized carbons (Fsp3) is 0.174. The van der Waals surface area contributed by atoms with Crippen LogP contribution in [0.5, 0.6) is 0 Å². The lowest BCUT2D eigenvalue weighted by atomic mass is 9.99. The molecule has 5 heteroatoms. The number of aromatic nitrogens is 1. The molecule has 5 rings (SSSR count). The van der Waals surface area contributed by atoms with Crippen molar-refractivity contribution in [3.8, 4) is 0 Å². The number of benzene rings is 2. The average Bonchev–Trinajstić information content (AvgIpc) is 2.67. The van der Waals surface area contributed by atoms with E-state index in [4.69, 9.17) is 0 Å². The zero-order valence-corrected chi connectivity index (χ0v) is 19.4. The number of hydrogen-bond donors (Lipinski definition) is 0. The molecule has 28 heavy (non-hydrogen) atoms. The highest BCUT2D eigenvalue weighted by atomic mass is 127. The van der Waals surface area contributed by atoms with Gasteiger partial charge in [0.15, 0.2) is 12.4 Å². The van der Waals surface area contributed by atoms with Crippen LogP contribution in [0.25, 0.3) is 12.2 Å². The molecule has 3 aromatic rings. The third-order valence-corrected chi connectivity index (χ3v) is 5.86. The van der Waals surface area contributed by atoms with Gasteiger partial charge in [0.2, 0.25) is 0 Å². The fourth-order valence-corrected chi connectivity index (χ4v) is 4.40. The first-order valence-electron chi connectivity index (χ1n) is 9.20. The van der Waals surface area contributed by atoms with Gasteiger partial charge in [-0.1, -0.05) is 34.1 Å². The van der Waals surface area contributed by atoms with Gasteiger partial charge in [-0.25, -0.2) is 4.57 Å². The number of pyridine rings is 1. The molecule has 0 amide bonds. The highest BCUT2D eigenvalue weighted by Gasteiger charge is 2.29. The second-order valence-corrected chi connectivity index (χ2v) is 8.24. The molecule has 2 aromatic carbocycles. The van der Waals surface area contributed by atoms with E-state index in [9.17, 15) is 0 Å². The highest BCUT2D eigenvalue weighted by Crippen LogP contribution is 2.39. The first-order valence-corrected chi connectivity index (χ1v) is 10.00. The van der Waals surface area contributed by atoms with Crippen molar-refractivity contribution in [1.29, 1.82) is 0 Å². The highest BCUT2D eigenvalue weighted by molar-refractivity contribution is 9.10. The van der Waals surface area contributed by atoms with Crippen molar-refractivity contribution in [2.75, 3.05) is 16.5 Å². The number of hydrogen-bond acceptors (Lipinski definition) is 2. The Labute approximate surface area is 191 Å². The van der Waals surface area contributed by atoms with Crippen LogP contribution in [0.15, 0.2) is 65.4 Å². The Morgan fingerprint density at radius 2 is 1.43 bits per heavy atom. The molecule has 0 aliphatic carbocycles. The molecule has 1 aromatic heterocycles. The minimum Gasteiger partial charge on any atom is -1.00 e. The number of halogens is 2. The van der Waals surface area contributed by atoms with E-state index in [2.05, 4.69) is 98.8 Å². The zero-order valence-electron chi connectivity index (χ0n) is 15.6. The third kappa shape index (κ3) is 3.70. The molecule has 2 aliphatic rings. The van der Waals surface area contributed by atoms with Crippen molar-refractivity contribution in [3.63, 3.8) is 0 Å². The molecular formula is C23H21BrIN3. The molecule has 0 fully saturated rings. The van der Waals surface area contributed by atoms with Gasteiger partial charge in [0.1, 0.15) is 7.05 Å². The molecule has 3 heterocycles. The van der Waals surface area contributed by atoms with Crippen LogP contribution >= 0.6 is 15.9 Å². The Balaban J connectivity index is 0.00000192. The summed E-state index contributed by atoms with van der Waals surface area (Å²) >= 11 is 3.61. The van der Waals surface area contributed by atoms with Gasteiger partial charge >= 0.3 is 0 Å². The lowest BCUT2D eigenvalue weighted by molar-refractivity contribution is -0.671. The summed E-state index contributed by atoms with van der Waals surface area (Å²) < 4.78 is 3.20. The second-order valence-electron chi connectivity index (χ2n) is 7.33. The van der Waals surface area contributed by atoms with Crippen LogP contribution in [0.3, 0.4) is 0 Å². The van der Waals surface area contributed by atoms with Crippen molar-refractivity contribution in [3.05, 3.63) is 87.7 Å².